The molecule has 0 saturated heterocycles. The summed E-state index contributed by atoms with van der Waals surface area (Å²) < 4.78 is 1.30. The molecule has 94 valence electrons. The Morgan fingerprint density at radius 3 is 2.59 bits per heavy atom. The summed E-state index contributed by atoms with van der Waals surface area (Å²) in [6.07, 6.45) is 1.21. The lowest BCUT2D eigenvalue weighted by Crippen LogP contribution is -2.40. The van der Waals surface area contributed by atoms with Gasteiger partial charge in [0.05, 0.1) is 30.4 Å². The highest BCUT2D eigenvalue weighted by molar-refractivity contribution is 5.93. The van der Waals surface area contributed by atoms with Gasteiger partial charge in [-0.2, -0.15) is 0 Å². The number of amides is 1. The molecule has 0 aliphatic carbocycles. The van der Waals surface area contributed by atoms with Crippen molar-refractivity contribution in [3.05, 3.63) is 28.1 Å². The first-order valence-corrected chi connectivity index (χ1v) is 4.83. The van der Waals surface area contributed by atoms with E-state index in [2.05, 4.69) is 5.32 Å². The molecule has 0 aliphatic heterocycles. The summed E-state index contributed by atoms with van der Waals surface area (Å²) in [6, 6.07) is 0.345. The number of carbonyl (C=O) groups is 1. The van der Waals surface area contributed by atoms with Crippen LogP contribution in [-0.2, 0) is 7.05 Å². The first-order chi connectivity index (χ1) is 7.99. The van der Waals surface area contributed by atoms with E-state index in [1.165, 1.54) is 17.8 Å². The molecule has 0 aromatic carbocycles. The zero-order chi connectivity index (χ0) is 13.0. The van der Waals surface area contributed by atoms with Crippen LogP contribution >= 0.6 is 0 Å². The third-order valence-corrected chi connectivity index (χ3v) is 2.21. The largest absolute Gasteiger partial charge is 0.394 e. The summed E-state index contributed by atoms with van der Waals surface area (Å²) >= 11 is 0. The number of nitrogens with one attached hydrogen (secondary N) is 1. The second-order valence-corrected chi connectivity index (χ2v) is 3.49. The smallest absolute Gasteiger partial charge is 0.287 e. The minimum Gasteiger partial charge on any atom is -0.394 e. The van der Waals surface area contributed by atoms with Gasteiger partial charge in [0.1, 0.15) is 5.69 Å². The van der Waals surface area contributed by atoms with E-state index in [0.717, 1.165) is 6.07 Å². The Balaban J connectivity index is 2.85. The molecule has 8 heteroatoms. The Morgan fingerprint density at radius 2 is 2.18 bits per heavy atom. The van der Waals surface area contributed by atoms with Gasteiger partial charge < -0.3 is 20.1 Å². The standard InChI is InChI=1S/C9H13N3O5/c1-11-3-7(12(16)17)2-8(11)9(15)10-6(4-13)5-14/h2-3,6,13-14H,4-5H2,1H3,(H,10,15). The average Bonchev–Trinajstić information content (AvgIpc) is 2.68. The molecule has 8 nitrogen and oxygen atoms in total. The van der Waals surface area contributed by atoms with E-state index in [-0.39, 0.29) is 11.4 Å². The zero-order valence-electron chi connectivity index (χ0n) is 9.16. The molecule has 3 N–H and O–H groups in total. The Kier molecular flexibility index (Phi) is 4.18. The van der Waals surface area contributed by atoms with Crippen molar-refractivity contribution in [3.63, 3.8) is 0 Å². The van der Waals surface area contributed by atoms with Crippen molar-refractivity contribution in [1.29, 1.82) is 0 Å². The molecule has 1 rings (SSSR count). The lowest BCUT2D eigenvalue weighted by molar-refractivity contribution is -0.384. The van der Waals surface area contributed by atoms with Crippen molar-refractivity contribution in [1.82, 2.24) is 9.88 Å². The van der Waals surface area contributed by atoms with Crippen molar-refractivity contribution >= 4 is 11.6 Å². The molecule has 0 aliphatic rings. The van der Waals surface area contributed by atoms with Crippen molar-refractivity contribution in [3.8, 4) is 0 Å². The number of nitro groups is 1. The van der Waals surface area contributed by atoms with E-state index in [0.29, 0.717) is 0 Å². The third kappa shape index (κ3) is 3.02. The minimum atomic E-state index is -0.781. The first-order valence-electron chi connectivity index (χ1n) is 4.83. The Hall–Kier alpha value is -1.93. The van der Waals surface area contributed by atoms with Crippen LogP contribution in [0.2, 0.25) is 0 Å². The van der Waals surface area contributed by atoms with Gasteiger partial charge in [0.25, 0.3) is 11.6 Å². The van der Waals surface area contributed by atoms with Gasteiger partial charge in [-0.3, -0.25) is 14.9 Å². The molecule has 1 aromatic heterocycles. The van der Waals surface area contributed by atoms with Crippen LogP contribution in [0.4, 0.5) is 5.69 Å². The number of rotatable bonds is 5. The topological polar surface area (TPSA) is 118 Å². The fraction of sp³-hybridized carbons (Fsp3) is 0.444. The van der Waals surface area contributed by atoms with Gasteiger partial charge in [-0.15, -0.1) is 0 Å². The maximum Gasteiger partial charge on any atom is 0.287 e. The summed E-state index contributed by atoms with van der Waals surface area (Å²) in [5, 5.41) is 30.4. The molecule has 0 atom stereocenters. The molecular weight excluding hydrogens is 230 g/mol. The quantitative estimate of drug-likeness (QED) is 0.453. The van der Waals surface area contributed by atoms with E-state index in [1.54, 1.807) is 0 Å². The van der Waals surface area contributed by atoms with E-state index in [1.807, 2.05) is 0 Å². The highest BCUT2D eigenvalue weighted by Gasteiger charge is 2.19. The van der Waals surface area contributed by atoms with Gasteiger partial charge in [0, 0.05) is 13.1 Å². The highest BCUT2D eigenvalue weighted by atomic mass is 16.6. The first kappa shape index (κ1) is 13.1. The van der Waals surface area contributed by atoms with Crippen LogP contribution in [0.3, 0.4) is 0 Å². The van der Waals surface area contributed by atoms with Crippen molar-refractivity contribution < 1.29 is 19.9 Å². The van der Waals surface area contributed by atoms with Crippen LogP contribution in [0.25, 0.3) is 0 Å². The van der Waals surface area contributed by atoms with Gasteiger partial charge in [0.15, 0.2) is 0 Å². The number of hydrogen-bond donors (Lipinski definition) is 3. The minimum absolute atomic E-state index is 0.0867. The highest BCUT2D eigenvalue weighted by Crippen LogP contribution is 2.15. The molecular formula is C9H13N3O5. The van der Waals surface area contributed by atoms with Gasteiger partial charge in [0.2, 0.25) is 0 Å². The summed E-state index contributed by atoms with van der Waals surface area (Å²) in [4.78, 5) is 21.6. The van der Waals surface area contributed by atoms with Crippen molar-refractivity contribution in [2.75, 3.05) is 13.2 Å². The van der Waals surface area contributed by atoms with Crippen LogP contribution in [0.1, 0.15) is 10.5 Å². The molecule has 0 saturated carbocycles. The van der Waals surface area contributed by atoms with Crippen LogP contribution < -0.4 is 5.32 Å². The number of nitrogens with zero attached hydrogens (tertiary/aromatic N) is 2. The molecule has 0 radical (unpaired) electrons. The van der Waals surface area contributed by atoms with Crippen molar-refractivity contribution in [2.45, 2.75) is 6.04 Å². The van der Waals surface area contributed by atoms with Gasteiger partial charge in [-0.1, -0.05) is 0 Å². The number of hydrogen-bond acceptors (Lipinski definition) is 5. The predicted molar refractivity (Wildman–Crippen MR) is 57.5 cm³/mol. The molecule has 17 heavy (non-hydrogen) atoms. The van der Waals surface area contributed by atoms with E-state index in [9.17, 15) is 14.9 Å². The number of aryl methyl sites for hydroxylation is 1. The van der Waals surface area contributed by atoms with Gasteiger partial charge >= 0.3 is 0 Å². The summed E-state index contributed by atoms with van der Waals surface area (Å²) in [6.45, 7) is -0.816. The summed E-state index contributed by atoms with van der Waals surface area (Å²) in [7, 11) is 1.49. The number of aliphatic hydroxyl groups excluding tert-OH is 2. The summed E-state index contributed by atoms with van der Waals surface area (Å²) in [5.41, 5.74) is -0.106. The van der Waals surface area contributed by atoms with Crippen molar-refractivity contribution in [2.24, 2.45) is 7.05 Å². The summed E-state index contributed by atoms with van der Waals surface area (Å²) in [5.74, 6) is -0.589. The molecule has 1 aromatic rings. The SMILES string of the molecule is Cn1cc([N+](=O)[O-])cc1C(=O)NC(CO)CO. The monoisotopic (exact) mass is 243 g/mol. The maximum absolute atomic E-state index is 11.7. The van der Waals surface area contributed by atoms with E-state index < -0.39 is 30.1 Å². The molecule has 0 unspecified atom stereocenters. The average molecular weight is 243 g/mol. The molecule has 0 fully saturated rings. The fourth-order valence-electron chi connectivity index (χ4n) is 1.28. The fourth-order valence-corrected chi connectivity index (χ4v) is 1.28. The van der Waals surface area contributed by atoms with Crippen LogP contribution in [0.5, 0.6) is 0 Å². The number of aliphatic hydroxyl groups is 2. The van der Waals surface area contributed by atoms with Gasteiger partial charge in [-0.25, -0.2) is 0 Å². The van der Waals surface area contributed by atoms with Crippen LogP contribution in [-0.4, -0.2) is 44.9 Å². The lowest BCUT2D eigenvalue weighted by Gasteiger charge is -2.13. The molecule has 1 heterocycles. The lowest BCUT2D eigenvalue weighted by atomic mass is 10.3. The Bertz CT molecular complexity index is 424. The third-order valence-electron chi connectivity index (χ3n) is 2.21. The predicted octanol–water partition coefficient (Wildman–Crippen LogP) is -0.984. The second-order valence-electron chi connectivity index (χ2n) is 3.49. The normalized spacial score (nSPS) is 10.6. The molecule has 0 spiro atoms. The molecule has 1 amide bonds. The number of aromatic nitrogens is 1. The van der Waals surface area contributed by atoms with Gasteiger partial charge in [-0.05, 0) is 0 Å². The van der Waals surface area contributed by atoms with Crippen LogP contribution in [0.15, 0.2) is 12.3 Å². The van der Waals surface area contributed by atoms with Crippen LogP contribution in [0, 0.1) is 10.1 Å². The second kappa shape index (κ2) is 5.41. The van der Waals surface area contributed by atoms with E-state index in [4.69, 9.17) is 10.2 Å². The maximum atomic E-state index is 11.7. The molecule has 0 bridgehead atoms. The van der Waals surface area contributed by atoms with E-state index >= 15 is 0 Å². The zero-order valence-corrected chi connectivity index (χ0v) is 9.16. The number of carbonyl (C=O) groups excluding carboxylic acids is 1. The Labute approximate surface area is 96.6 Å². The Morgan fingerprint density at radius 1 is 1.59 bits per heavy atom.